The number of aliphatic imine (C=N–C) groups is 1. The minimum Gasteiger partial charge on any atom is -0.292 e. The third-order valence-electron chi connectivity index (χ3n) is 3.88. The molecule has 0 aromatic heterocycles. The monoisotopic (exact) mass is 280 g/mol. The van der Waals surface area contributed by atoms with Crippen LogP contribution in [0.1, 0.15) is 25.0 Å². The molecule has 0 amide bonds. The van der Waals surface area contributed by atoms with Crippen molar-refractivity contribution in [2.45, 2.75) is 19.3 Å². The summed E-state index contributed by atoms with van der Waals surface area (Å²) in [5.74, 6) is 0. The molecule has 2 aromatic rings. The Morgan fingerprint density at radius 3 is 2.52 bits per heavy atom. The van der Waals surface area contributed by atoms with Crippen LogP contribution in [-0.4, -0.2) is 17.7 Å². The average Bonchev–Trinajstić information content (AvgIpc) is 2.46. The second-order valence-electron chi connectivity index (χ2n) is 5.93. The van der Waals surface area contributed by atoms with Crippen LogP contribution in [0, 0.1) is 10.1 Å². The summed E-state index contributed by atoms with van der Waals surface area (Å²) in [4.78, 5) is 14.8. The summed E-state index contributed by atoms with van der Waals surface area (Å²) >= 11 is 0. The number of non-ortho nitro benzene ring substituents is 1. The van der Waals surface area contributed by atoms with Crippen molar-refractivity contribution in [2.24, 2.45) is 4.99 Å². The van der Waals surface area contributed by atoms with Gasteiger partial charge in [-0.25, -0.2) is 0 Å². The van der Waals surface area contributed by atoms with Gasteiger partial charge in [0.25, 0.3) is 5.69 Å². The molecule has 0 aliphatic carbocycles. The maximum absolute atomic E-state index is 10.8. The summed E-state index contributed by atoms with van der Waals surface area (Å²) in [6.07, 6.45) is 1.91. The molecule has 0 fully saturated rings. The van der Waals surface area contributed by atoms with Crippen molar-refractivity contribution in [3.63, 3.8) is 0 Å². The van der Waals surface area contributed by atoms with Crippen LogP contribution in [0.2, 0.25) is 0 Å². The van der Waals surface area contributed by atoms with Crippen LogP contribution in [-0.2, 0) is 5.41 Å². The topological polar surface area (TPSA) is 55.5 Å². The highest BCUT2D eigenvalue weighted by atomic mass is 16.6. The lowest BCUT2D eigenvalue weighted by molar-refractivity contribution is -0.384. The number of hydrogen-bond acceptors (Lipinski definition) is 3. The Hall–Kier alpha value is -2.49. The van der Waals surface area contributed by atoms with Crippen molar-refractivity contribution in [1.82, 2.24) is 0 Å². The van der Waals surface area contributed by atoms with E-state index in [2.05, 4.69) is 31.0 Å². The smallest absolute Gasteiger partial charge is 0.269 e. The molecule has 106 valence electrons. The number of nitrogens with zero attached hydrogens (tertiary/aromatic N) is 2. The minimum atomic E-state index is -0.374. The van der Waals surface area contributed by atoms with Crippen LogP contribution in [0.4, 0.5) is 5.69 Å². The highest BCUT2D eigenvalue weighted by Crippen LogP contribution is 2.37. The van der Waals surface area contributed by atoms with Gasteiger partial charge in [0.05, 0.1) is 4.92 Å². The summed E-state index contributed by atoms with van der Waals surface area (Å²) in [7, 11) is 0. The molecule has 21 heavy (non-hydrogen) atoms. The number of fused-ring (bicyclic) bond motifs is 1. The van der Waals surface area contributed by atoms with Gasteiger partial charge in [-0.2, -0.15) is 0 Å². The van der Waals surface area contributed by atoms with Crippen molar-refractivity contribution < 1.29 is 4.92 Å². The lowest BCUT2D eigenvalue weighted by atomic mass is 9.76. The van der Waals surface area contributed by atoms with E-state index in [1.54, 1.807) is 12.1 Å². The van der Waals surface area contributed by atoms with Crippen LogP contribution in [0.3, 0.4) is 0 Å². The number of nitro groups is 1. The Bertz CT molecular complexity index is 731. The fraction of sp³-hybridized carbons (Fsp3) is 0.235. The molecule has 0 atom stereocenters. The van der Waals surface area contributed by atoms with Crippen molar-refractivity contribution >= 4 is 11.9 Å². The lowest BCUT2D eigenvalue weighted by Gasteiger charge is -2.31. The quantitative estimate of drug-likeness (QED) is 0.617. The van der Waals surface area contributed by atoms with Crippen LogP contribution >= 0.6 is 0 Å². The van der Waals surface area contributed by atoms with Gasteiger partial charge in [-0.05, 0) is 34.4 Å². The molecule has 0 saturated carbocycles. The maximum Gasteiger partial charge on any atom is 0.269 e. The first-order chi connectivity index (χ1) is 9.99. The molecule has 0 radical (unpaired) electrons. The Labute approximate surface area is 123 Å². The van der Waals surface area contributed by atoms with Gasteiger partial charge in [0.2, 0.25) is 0 Å². The van der Waals surface area contributed by atoms with Crippen molar-refractivity contribution in [3.05, 3.63) is 63.7 Å². The van der Waals surface area contributed by atoms with Gasteiger partial charge in [0.15, 0.2) is 0 Å². The van der Waals surface area contributed by atoms with E-state index in [0.717, 1.165) is 23.2 Å². The highest BCUT2D eigenvalue weighted by molar-refractivity contribution is 5.88. The zero-order valence-corrected chi connectivity index (χ0v) is 12.0. The SMILES string of the molecule is CC1(C)CN=Cc2cccc(-c3ccc([N+](=O)[O-])cc3)c21. The van der Waals surface area contributed by atoms with Crippen molar-refractivity contribution in [2.75, 3.05) is 6.54 Å². The second-order valence-corrected chi connectivity index (χ2v) is 5.93. The molecule has 1 heterocycles. The number of benzene rings is 2. The zero-order chi connectivity index (χ0) is 15.0. The molecular formula is C17H16N2O2. The summed E-state index contributed by atoms with van der Waals surface area (Å²) in [6, 6.07) is 12.9. The molecule has 1 aliphatic rings. The molecule has 0 saturated heterocycles. The van der Waals surface area contributed by atoms with E-state index in [0.29, 0.717) is 0 Å². The first-order valence-electron chi connectivity index (χ1n) is 6.87. The van der Waals surface area contributed by atoms with Crippen molar-refractivity contribution in [1.29, 1.82) is 0 Å². The normalized spacial score (nSPS) is 15.5. The van der Waals surface area contributed by atoms with E-state index in [1.165, 1.54) is 5.56 Å². The lowest BCUT2D eigenvalue weighted by Crippen LogP contribution is -2.27. The Kier molecular flexibility index (Phi) is 3.09. The molecule has 1 aliphatic heterocycles. The van der Waals surface area contributed by atoms with Crippen LogP contribution < -0.4 is 0 Å². The summed E-state index contributed by atoms with van der Waals surface area (Å²) < 4.78 is 0. The summed E-state index contributed by atoms with van der Waals surface area (Å²) in [5, 5.41) is 10.8. The highest BCUT2D eigenvalue weighted by Gasteiger charge is 2.28. The first kappa shape index (κ1) is 13.5. The largest absolute Gasteiger partial charge is 0.292 e. The molecule has 4 heteroatoms. The van der Waals surface area contributed by atoms with Crippen LogP contribution in [0.25, 0.3) is 11.1 Å². The van der Waals surface area contributed by atoms with E-state index in [1.807, 2.05) is 24.4 Å². The fourth-order valence-electron chi connectivity index (χ4n) is 2.89. The Morgan fingerprint density at radius 1 is 1.14 bits per heavy atom. The number of rotatable bonds is 2. The zero-order valence-electron chi connectivity index (χ0n) is 12.0. The molecular weight excluding hydrogens is 264 g/mol. The third-order valence-corrected chi connectivity index (χ3v) is 3.88. The first-order valence-corrected chi connectivity index (χ1v) is 6.87. The van der Waals surface area contributed by atoms with Gasteiger partial charge in [-0.3, -0.25) is 15.1 Å². The van der Waals surface area contributed by atoms with Gasteiger partial charge in [0.1, 0.15) is 0 Å². The minimum absolute atomic E-state index is 0.0392. The molecule has 0 N–H and O–H groups in total. The molecule has 2 aromatic carbocycles. The fourth-order valence-corrected chi connectivity index (χ4v) is 2.89. The molecule has 4 nitrogen and oxygen atoms in total. The van der Waals surface area contributed by atoms with E-state index < -0.39 is 0 Å². The average molecular weight is 280 g/mol. The second kappa shape index (κ2) is 4.81. The van der Waals surface area contributed by atoms with Crippen LogP contribution in [0.15, 0.2) is 47.5 Å². The molecule has 0 unspecified atom stereocenters. The molecule has 3 rings (SSSR count). The maximum atomic E-state index is 10.8. The van der Waals surface area contributed by atoms with Gasteiger partial charge in [0, 0.05) is 30.3 Å². The van der Waals surface area contributed by atoms with Crippen LogP contribution in [0.5, 0.6) is 0 Å². The van der Waals surface area contributed by atoms with E-state index in [-0.39, 0.29) is 16.0 Å². The van der Waals surface area contributed by atoms with E-state index in [4.69, 9.17) is 0 Å². The van der Waals surface area contributed by atoms with E-state index >= 15 is 0 Å². The van der Waals surface area contributed by atoms with Crippen molar-refractivity contribution in [3.8, 4) is 11.1 Å². The Balaban J connectivity index is 2.16. The summed E-state index contributed by atoms with van der Waals surface area (Å²) in [5.41, 5.74) is 4.59. The summed E-state index contributed by atoms with van der Waals surface area (Å²) in [6.45, 7) is 5.11. The predicted octanol–water partition coefficient (Wildman–Crippen LogP) is 3.97. The van der Waals surface area contributed by atoms with E-state index in [9.17, 15) is 10.1 Å². The Morgan fingerprint density at radius 2 is 1.86 bits per heavy atom. The predicted molar refractivity (Wildman–Crippen MR) is 84.0 cm³/mol. The van der Waals surface area contributed by atoms with Gasteiger partial charge in [-0.1, -0.05) is 32.0 Å². The molecule has 0 bridgehead atoms. The van der Waals surface area contributed by atoms with Gasteiger partial charge < -0.3 is 0 Å². The molecule has 0 spiro atoms. The van der Waals surface area contributed by atoms with Gasteiger partial charge >= 0.3 is 0 Å². The third kappa shape index (κ3) is 2.33. The number of nitro benzene ring substituents is 1. The standard InChI is InChI=1S/C17H16N2O2/c1-17(2)11-18-10-13-4-3-5-15(16(13)17)12-6-8-14(9-7-12)19(20)21/h3-10H,11H2,1-2H3. The number of hydrogen-bond donors (Lipinski definition) is 0. The van der Waals surface area contributed by atoms with Gasteiger partial charge in [-0.15, -0.1) is 0 Å².